The predicted octanol–water partition coefficient (Wildman–Crippen LogP) is 2.09. The van der Waals surface area contributed by atoms with Crippen LogP contribution in [0.3, 0.4) is 0 Å². The highest BCUT2D eigenvalue weighted by atomic mass is 19.3. The molecule has 4 nitrogen and oxygen atoms in total. The van der Waals surface area contributed by atoms with Gasteiger partial charge in [-0.1, -0.05) is 0 Å². The van der Waals surface area contributed by atoms with Crippen LogP contribution in [0.2, 0.25) is 0 Å². The van der Waals surface area contributed by atoms with Crippen LogP contribution >= 0.6 is 0 Å². The Balaban J connectivity index is 2.91. The number of benzene rings is 1. The van der Waals surface area contributed by atoms with Gasteiger partial charge in [-0.3, -0.25) is 0 Å². The van der Waals surface area contributed by atoms with Crippen molar-refractivity contribution in [3.8, 4) is 5.75 Å². The number of alkyl halides is 2. The van der Waals surface area contributed by atoms with E-state index in [1.807, 2.05) is 0 Å². The van der Waals surface area contributed by atoms with Crippen molar-refractivity contribution in [1.82, 2.24) is 0 Å². The minimum Gasteiger partial charge on any atom is -0.487 e. The molecule has 0 aliphatic rings. The second-order valence-corrected chi connectivity index (χ2v) is 3.18. The molecule has 0 heterocycles. The number of nitrogen functional groups attached to an aromatic ring is 1. The fourth-order valence-electron chi connectivity index (χ4n) is 1.19. The van der Waals surface area contributed by atoms with Crippen molar-refractivity contribution < 1.29 is 23.0 Å². The molecule has 17 heavy (non-hydrogen) atoms. The number of hydrogen-bond acceptors (Lipinski definition) is 4. The number of carbonyl (C=O) groups excluding carboxylic acids is 1. The number of esters is 1. The number of halogens is 2. The van der Waals surface area contributed by atoms with Crippen LogP contribution in [0.15, 0.2) is 18.2 Å². The number of nitrogens with two attached hydrogens (primary N) is 1. The zero-order valence-electron chi connectivity index (χ0n) is 9.28. The van der Waals surface area contributed by atoms with Gasteiger partial charge in [0.05, 0.1) is 6.61 Å². The highest BCUT2D eigenvalue weighted by Crippen LogP contribution is 2.22. The van der Waals surface area contributed by atoms with E-state index in [9.17, 15) is 13.6 Å². The maximum atomic E-state index is 12.0. The van der Waals surface area contributed by atoms with Crippen molar-refractivity contribution in [3.63, 3.8) is 0 Å². The Bertz CT molecular complexity index is 396. The first kappa shape index (κ1) is 13.2. The summed E-state index contributed by atoms with van der Waals surface area (Å²) in [6.45, 7) is 1.04. The molecule has 1 rings (SSSR count). The molecule has 6 heteroatoms. The van der Waals surface area contributed by atoms with E-state index in [1.165, 1.54) is 18.2 Å². The van der Waals surface area contributed by atoms with Crippen molar-refractivity contribution in [1.29, 1.82) is 0 Å². The fraction of sp³-hybridized carbons (Fsp3) is 0.364. The lowest BCUT2D eigenvalue weighted by Crippen LogP contribution is -2.12. The van der Waals surface area contributed by atoms with E-state index in [0.717, 1.165) is 0 Å². The third-order valence-electron chi connectivity index (χ3n) is 1.86. The maximum Gasteiger partial charge on any atom is 0.341 e. The largest absolute Gasteiger partial charge is 0.487 e. The molecule has 0 bridgehead atoms. The minimum atomic E-state index is -2.61. The van der Waals surface area contributed by atoms with Crippen molar-refractivity contribution in [2.75, 3.05) is 18.9 Å². The minimum absolute atomic E-state index is 0.0398. The van der Waals surface area contributed by atoms with Crippen LogP contribution in [0.4, 0.5) is 14.5 Å². The normalized spacial score (nSPS) is 10.4. The second-order valence-electron chi connectivity index (χ2n) is 3.18. The van der Waals surface area contributed by atoms with Gasteiger partial charge in [0.25, 0.3) is 6.43 Å². The van der Waals surface area contributed by atoms with E-state index in [-0.39, 0.29) is 17.9 Å². The van der Waals surface area contributed by atoms with E-state index in [4.69, 9.17) is 15.2 Å². The first-order chi connectivity index (χ1) is 8.04. The summed E-state index contributed by atoms with van der Waals surface area (Å²) in [5.41, 5.74) is 5.89. The molecule has 94 valence electrons. The lowest BCUT2D eigenvalue weighted by molar-refractivity contribution is 0.0508. The summed E-state index contributed by atoms with van der Waals surface area (Å²) in [4.78, 5) is 11.5. The van der Waals surface area contributed by atoms with Gasteiger partial charge in [-0.05, 0) is 25.1 Å². The summed E-state index contributed by atoms with van der Waals surface area (Å²) in [6, 6.07) is 4.16. The molecule has 0 aliphatic carbocycles. The summed E-state index contributed by atoms with van der Waals surface area (Å²) in [5, 5.41) is 0. The Morgan fingerprint density at radius 2 is 2.18 bits per heavy atom. The van der Waals surface area contributed by atoms with Crippen LogP contribution in [-0.4, -0.2) is 25.6 Å². The summed E-state index contributed by atoms with van der Waals surface area (Å²) in [5.74, 6) is -0.609. The summed E-state index contributed by atoms with van der Waals surface area (Å²) >= 11 is 0. The molecule has 1 aromatic rings. The topological polar surface area (TPSA) is 61.5 Å². The smallest absolute Gasteiger partial charge is 0.341 e. The van der Waals surface area contributed by atoms with Gasteiger partial charge in [-0.15, -0.1) is 0 Å². The van der Waals surface area contributed by atoms with E-state index in [2.05, 4.69) is 0 Å². The molecule has 0 radical (unpaired) electrons. The summed E-state index contributed by atoms with van der Waals surface area (Å²) in [6.07, 6.45) is -2.61. The van der Waals surface area contributed by atoms with Crippen LogP contribution in [0, 0.1) is 0 Å². The third-order valence-corrected chi connectivity index (χ3v) is 1.86. The molecule has 0 spiro atoms. The summed E-state index contributed by atoms with van der Waals surface area (Å²) < 4.78 is 33.6. The molecule has 0 saturated heterocycles. The lowest BCUT2D eigenvalue weighted by atomic mass is 10.2. The molecule has 2 N–H and O–H groups in total. The van der Waals surface area contributed by atoms with Gasteiger partial charge in [0, 0.05) is 5.69 Å². The van der Waals surface area contributed by atoms with Gasteiger partial charge in [-0.25, -0.2) is 13.6 Å². The molecule has 0 unspecified atom stereocenters. The van der Waals surface area contributed by atoms with Crippen molar-refractivity contribution in [3.05, 3.63) is 23.8 Å². The summed E-state index contributed by atoms with van der Waals surface area (Å²) in [7, 11) is 0. The zero-order valence-corrected chi connectivity index (χ0v) is 9.28. The number of hydrogen-bond donors (Lipinski definition) is 1. The van der Waals surface area contributed by atoms with Crippen LogP contribution < -0.4 is 10.5 Å². The van der Waals surface area contributed by atoms with Crippen LogP contribution in [0.5, 0.6) is 5.75 Å². The second kappa shape index (κ2) is 6.03. The number of rotatable bonds is 5. The van der Waals surface area contributed by atoms with Crippen LogP contribution in [-0.2, 0) is 4.74 Å². The Hall–Kier alpha value is -1.85. The molecule has 1 aromatic carbocycles. The first-order valence-electron chi connectivity index (χ1n) is 5.02. The molecule has 0 atom stereocenters. The van der Waals surface area contributed by atoms with Gasteiger partial charge in [0.1, 0.15) is 17.9 Å². The highest BCUT2D eigenvalue weighted by molar-refractivity contribution is 5.93. The Morgan fingerprint density at radius 1 is 1.47 bits per heavy atom. The zero-order chi connectivity index (χ0) is 12.8. The highest BCUT2D eigenvalue weighted by Gasteiger charge is 2.15. The van der Waals surface area contributed by atoms with Gasteiger partial charge in [0.2, 0.25) is 0 Å². The van der Waals surface area contributed by atoms with E-state index < -0.39 is 19.0 Å². The molecule has 0 aromatic heterocycles. The van der Waals surface area contributed by atoms with E-state index in [0.29, 0.717) is 5.69 Å². The van der Waals surface area contributed by atoms with Crippen molar-refractivity contribution in [2.45, 2.75) is 13.3 Å². The van der Waals surface area contributed by atoms with E-state index >= 15 is 0 Å². The van der Waals surface area contributed by atoms with Crippen LogP contribution in [0.1, 0.15) is 17.3 Å². The molecule has 0 amide bonds. The van der Waals surface area contributed by atoms with Gasteiger partial charge < -0.3 is 15.2 Å². The SMILES string of the molecule is CCOC(=O)c1cc(N)ccc1OCC(F)F. The number of ether oxygens (including phenoxy) is 2. The Labute approximate surface area is 97.3 Å². The van der Waals surface area contributed by atoms with Crippen molar-refractivity contribution in [2.24, 2.45) is 0 Å². The lowest BCUT2D eigenvalue weighted by Gasteiger charge is -2.11. The predicted molar refractivity (Wildman–Crippen MR) is 58.3 cm³/mol. The molecular formula is C11H13F2NO3. The van der Waals surface area contributed by atoms with Gasteiger partial charge in [0.15, 0.2) is 0 Å². The molecule has 0 aliphatic heterocycles. The average Bonchev–Trinajstić information content (AvgIpc) is 2.27. The molecule has 0 fully saturated rings. The molecule has 0 saturated carbocycles. The maximum absolute atomic E-state index is 12.0. The van der Waals surface area contributed by atoms with E-state index in [1.54, 1.807) is 6.92 Å². The Kier molecular flexibility index (Phi) is 4.68. The monoisotopic (exact) mass is 245 g/mol. The number of carbonyl (C=O) groups is 1. The van der Waals surface area contributed by atoms with Gasteiger partial charge in [-0.2, -0.15) is 0 Å². The molecular weight excluding hydrogens is 232 g/mol. The average molecular weight is 245 g/mol. The number of anilines is 1. The van der Waals surface area contributed by atoms with Crippen molar-refractivity contribution >= 4 is 11.7 Å². The Morgan fingerprint density at radius 3 is 2.76 bits per heavy atom. The fourth-order valence-corrected chi connectivity index (χ4v) is 1.19. The third kappa shape index (κ3) is 3.90. The first-order valence-corrected chi connectivity index (χ1v) is 5.02. The quantitative estimate of drug-likeness (QED) is 0.637. The van der Waals surface area contributed by atoms with Crippen LogP contribution in [0.25, 0.3) is 0 Å². The standard InChI is InChI=1S/C11H13F2NO3/c1-2-16-11(15)8-5-7(14)3-4-9(8)17-6-10(12)13/h3-5,10H,2,6,14H2,1H3. The van der Waals surface area contributed by atoms with Gasteiger partial charge >= 0.3 is 5.97 Å².